The number of hydrogen-bond donors (Lipinski definition) is 1. The van der Waals surface area contributed by atoms with E-state index in [1.54, 1.807) is 12.1 Å². The molecular weight excluding hydrogens is 449 g/mol. The van der Waals surface area contributed by atoms with Gasteiger partial charge in [0.05, 0.1) is 23.8 Å². The lowest BCUT2D eigenvalue weighted by atomic mass is 10.2. The fourth-order valence-electron chi connectivity index (χ4n) is 2.71. The van der Waals surface area contributed by atoms with Gasteiger partial charge in [-0.05, 0) is 48.0 Å². The van der Waals surface area contributed by atoms with Crippen LogP contribution < -0.4 is 19.6 Å². The summed E-state index contributed by atoms with van der Waals surface area (Å²) in [6, 6.07) is 15.3. The number of nitrogens with one attached hydrogen (secondary N) is 1. The van der Waals surface area contributed by atoms with Gasteiger partial charge in [-0.2, -0.15) is 5.10 Å². The van der Waals surface area contributed by atoms with E-state index in [1.807, 2.05) is 0 Å². The normalized spacial score (nSPS) is 10.5. The van der Waals surface area contributed by atoms with Crippen LogP contribution in [0.5, 0.6) is 17.2 Å². The molecular formula is C23H18FN3O7. The van der Waals surface area contributed by atoms with Crippen molar-refractivity contribution in [2.45, 2.75) is 0 Å². The Bertz CT molecular complexity index is 1250. The molecule has 0 bridgehead atoms. The van der Waals surface area contributed by atoms with Crippen LogP contribution in [0.1, 0.15) is 15.9 Å². The van der Waals surface area contributed by atoms with E-state index in [0.29, 0.717) is 5.56 Å². The number of nitro benzene ring substituents is 1. The molecule has 3 rings (SSSR count). The molecule has 3 aromatic carbocycles. The first-order valence-electron chi connectivity index (χ1n) is 9.71. The second-order valence-corrected chi connectivity index (χ2v) is 6.62. The molecule has 0 saturated carbocycles. The molecule has 0 aliphatic carbocycles. The molecule has 0 radical (unpaired) electrons. The number of hydrazone groups is 1. The molecule has 0 aliphatic rings. The van der Waals surface area contributed by atoms with Crippen molar-refractivity contribution in [1.29, 1.82) is 0 Å². The van der Waals surface area contributed by atoms with Gasteiger partial charge in [0, 0.05) is 6.07 Å². The molecule has 0 unspecified atom stereocenters. The molecule has 1 amide bonds. The Balaban J connectivity index is 1.58. The van der Waals surface area contributed by atoms with Gasteiger partial charge in [-0.15, -0.1) is 0 Å². The van der Waals surface area contributed by atoms with E-state index in [4.69, 9.17) is 14.2 Å². The molecule has 3 aromatic rings. The summed E-state index contributed by atoms with van der Waals surface area (Å²) in [6.07, 6.45) is 1.31. The predicted molar refractivity (Wildman–Crippen MR) is 119 cm³/mol. The minimum Gasteiger partial charge on any atom is -0.493 e. The molecule has 0 saturated heterocycles. The molecule has 0 spiro atoms. The van der Waals surface area contributed by atoms with Crippen molar-refractivity contribution in [2.24, 2.45) is 5.10 Å². The maximum Gasteiger partial charge on any atom is 0.343 e. The number of nitrogens with zero attached hydrogens (tertiary/aromatic N) is 2. The largest absolute Gasteiger partial charge is 0.493 e. The van der Waals surface area contributed by atoms with Crippen molar-refractivity contribution in [3.8, 4) is 17.2 Å². The van der Waals surface area contributed by atoms with E-state index < -0.39 is 29.2 Å². The van der Waals surface area contributed by atoms with Crippen molar-refractivity contribution in [3.63, 3.8) is 0 Å². The lowest BCUT2D eigenvalue weighted by molar-refractivity contribution is -0.385. The average molecular weight is 467 g/mol. The number of methoxy groups -OCH3 is 1. The number of rotatable bonds is 9. The SMILES string of the molecule is COc1cc(C=NNC(=O)COc2ccccc2[N+](=O)[O-])ccc1OC(=O)c1cccc(F)c1. The summed E-state index contributed by atoms with van der Waals surface area (Å²) in [5.41, 5.74) is 2.52. The summed E-state index contributed by atoms with van der Waals surface area (Å²) in [4.78, 5) is 34.5. The Kier molecular flexibility index (Phi) is 7.84. The molecule has 0 aromatic heterocycles. The summed E-state index contributed by atoms with van der Waals surface area (Å²) in [5.74, 6) is -1.69. The van der Waals surface area contributed by atoms with Crippen LogP contribution in [0.3, 0.4) is 0 Å². The number of carbonyl (C=O) groups is 2. The van der Waals surface area contributed by atoms with Gasteiger partial charge < -0.3 is 14.2 Å². The summed E-state index contributed by atoms with van der Waals surface area (Å²) >= 11 is 0. The van der Waals surface area contributed by atoms with Crippen LogP contribution in [-0.2, 0) is 4.79 Å². The van der Waals surface area contributed by atoms with Crippen molar-refractivity contribution in [3.05, 3.63) is 93.8 Å². The van der Waals surface area contributed by atoms with Crippen LogP contribution >= 0.6 is 0 Å². The van der Waals surface area contributed by atoms with Crippen LogP contribution in [0.2, 0.25) is 0 Å². The quantitative estimate of drug-likeness (QED) is 0.168. The van der Waals surface area contributed by atoms with E-state index in [9.17, 15) is 24.1 Å². The third-order valence-electron chi connectivity index (χ3n) is 4.27. The lowest BCUT2D eigenvalue weighted by Crippen LogP contribution is -2.24. The van der Waals surface area contributed by atoms with Gasteiger partial charge in [0.25, 0.3) is 5.91 Å². The van der Waals surface area contributed by atoms with Gasteiger partial charge in [-0.25, -0.2) is 14.6 Å². The molecule has 0 fully saturated rings. The van der Waals surface area contributed by atoms with Crippen LogP contribution in [0.25, 0.3) is 0 Å². The zero-order valence-corrected chi connectivity index (χ0v) is 17.8. The highest BCUT2D eigenvalue weighted by molar-refractivity contribution is 5.91. The number of amides is 1. The van der Waals surface area contributed by atoms with Gasteiger partial charge in [0.2, 0.25) is 0 Å². The van der Waals surface area contributed by atoms with E-state index in [1.165, 1.54) is 61.9 Å². The topological polar surface area (TPSA) is 129 Å². The Morgan fingerprint density at radius 1 is 1.06 bits per heavy atom. The average Bonchev–Trinajstić information content (AvgIpc) is 2.83. The highest BCUT2D eigenvalue weighted by atomic mass is 19.1. The van der Waals surface area contributed by atoms with Crippen molar-refractivity contribution < 1.29 is 33.1 Å². The minimum absolute atomic E-state index is 0.0402. The number of para-hydroxylation sites is 2. The van der Waals surface area contributed by atoms with Crippen molar-refractivity contribution in [1.82, 2.24) is 5.43 Å². The Labute approximate surface area is 192 Å². The number of esters is 1. The fourth-order valence-corrected chi connectivity index (χ4v) is 2.71. The molecule has 1 N–H and O–H groups in total. The Hall–Kier alpha value is -4.80. The Morgan fingerprint density at radius 3 is 2.59 bits per heavy atom. The number of nitro groups is 1. The van der Waals surface area contributed by atoms with Crippen molar-refractivity contribution in [2.75, 3.05) is 13.7 Å². The first kappa shape index (κ1) is 23.9. The van der Waals surface area contributed by atoms with Gasteiger partial charge in [-0.3, -0.25) is 14.9 Å². The smallest absolute Gasteiger partial charge is 0.343 e. The van der Waals surface area contributed by atoms with E-state index in [2.05, 4.69) is 10.5 Å². The zero-order valence-electron chi connectivity index (χ0n) is 17.8. The third-order valence-corrected chi connectivity index (χ3v) is 4.27. The summed E-state index contributed by atoms with van der Waals surface area (Å²) in [5, 5.41) is 14.8. The molecule has 10 nitrogen and oxygen atoms in total. The van der Waals surface area contributed by atoms with E-state index in [0.717, 1.165) is 6.07 Å². The molecule has 0 atom stereocenters. The molecule has 0 heterocycles. The van der Waals surface area contributed by atoms with Gasteiger partial charge in [-0.1, -0.05) is 18.2 Å². The Morgan fingerprint density at radius 2 is 1.85 bits per heavy atom. The van der Waals surface area contributed by atoms with Crippen LogP contribution in [0.4, 0.5) is 10.1 Å². The van der Waals surface area contributed by atoms with Crippen molar-refractivity contribution >= 4 is 23.8 Å². The summed E-state index contributed by atoms with van der Waals surface area (Å²) in [6.45, 7) is -0.486. The van der Waals surface area contributed by atoms with Crippen LogP contribution in [0.15, 0.2) is 71.8 Å². The van der Waals surface area contributed by atoms with Gasteiger partial charge in [0.1, 0.15) is 5.82 Å². The number of ether oxygens (including phenoxy) is 3. The zero-order chi connectivity index (χ0) is 24.5. The lowest BCUT2D eigenvalue weighted by Gasteiger charge is -2.10. The first-order valence-corrected chi connectivity index (χ1v) is 9.71. The highest BCUT2D eigenvalue weighted by Gasteiger charge is 2.15. The van der Waals surface area contributed by atoms with Crippen LogP contribution in [-0.4, -0.2) is 36.7 Å². The first-order chi connectivity index (χ1) is 16.4. The number of benzene rings is 3. The number of halogens is 1. The summed E-state index contributed by atoms with van der Waals surface area (Å²) < 4.78 is 29.0. The highest BCUT2D eigenvalue weighted by Crippen LogP contribution is 2.28. The molecule has 0 aliphatic heterocycles. The predicted octanol–water partition coefficient (Wildman–Crippen LogP) is 3.49. The number of carbonyl (C=O) groups excluding carboxylic acids is 2. The minimum atomic E-state index is -0.759. The molecule has 34 heavy (non-hydrogen) atoms. The van der Waals surface area contributed by atoms with Gasteiger partial charge >= 0.3 is 11.7 Å². The monoisotopic (exact) mass is 467 g/mol. The van der Waals surface area contributed by atoms with E-state index in [-0.39, 0.29) is 28.5 Å². The molecule has 11 heteroatoms. The van der Waals surface area contributed by atoms with E-state index >= 15 is 0 Å². The van der Waals surface area contributed by atoms with Crippen LogP contribution in [0, 0.1) is 15.9 Å². The standard InChI is InChI=1S/C23H18FN3O7/c1-32-21-11-15(9-10-20(21)34-23(29)16-5-4-6-17(24)12-16)13-25-26-22(28)14-33-19-8-3-2-7-18(19)27(30)31/h2-13H,14H2,1H3,(H,26,28). The second kappa shape index (κ2) is 11.2. The number of hydrogen-bond acceptors (Lipinski definition) is 8. The molecule has 174 valence electrons. The van der Waals surface area contributed by atoms with Gasteiger partial charge in [0.15, 0.2) is 23.9 Å². The maximum absolute atomic E-state index is 13.3. The third kappa shape index (κ3) is 6.36. The summed E-state index contributed by atoms with van der Waals surface area (Å²) in [7, 11) is 1.37. The second-order valence-electron chi connectivity index (χ2n) is 6.62. The maximum atomic E-state index is 13.3. The fraction of sp³-hybridized carbons (Fsp3) is 0.0870.